The van der Waals surface area contributed by atoms with Crippen LogP contribution in [-0.2, 0) is 33.4 Å². The van der Waals surface area contributed by atoms with Crippen molar-refractivity contribution in [3.05, 3.63) is 11.3 Å². The van der Waals surface area contributed by atoms with E-state index in [1.165, 1.54) is 26.0 Å². The van der Waals surface area contributed by atoms with Crippen molar-refractivity contribution in [1.29, 1.82) is 0 Å². The van der Waals surface area contributed by atoms with Crippen LogP contribution in [0.2, 0.25) is 0 Å². The molecule has 174 valence electrons. The van der Waals surface area contributed by atoms with E-state index < -0.39 is 47.8 Å². The van der Waals surface area contributed by atoms with Crippen LogP contribution in [0, 0.1) is 11.8 Å². The fourth-order valence-electron chi connectivity index (χ4n) is 3.53. The van der Waals surface area contributed by atoms with E-state index in [4.69, 9.17) is 9.47 Å². The summed E-state index contributed by atoms with van der Waals surface area (Å²) in [4.78, 5) is 63.7. The second-order valence-electron chi connectivity index (χ2n) is 8.16. The number of hydrogen-bond acceptors (Lipinski definition) is 7. The van der Waals surface area contributed by atoms with Crippen molar-refractivity contribution < 1.29 is 33.4 Å². The zero-order chi connectivity index (χ0) is 24.0. The molecule has 0 saturated carbocycles. The minimum Gasteiger partial charge on any atom is -0.467 e. The summed E-state index contributed by atoms with van der Waals surface area (Å²) in [6.45, 7) is 9.82. The minimum absolute atomic E-state index is 0.0788. The van der Waals surface area contributed by atoms with Crippen LogP contribution in [0.4, 0.5) is 0 Å². The minimum atomic E-state index is -1.04. The summed E-state index contributed by atoms with van der Waals surface area (Å²) >= 11 is 0. The molecule has 2 N–H and O–H groups in total. The molecule has 3 amide bonds. The first-order chi connectivity index (χ1) is 14.4. The quantitative estimate of drug-likeness (QED) is 0.527. The maximum atomic E-state index is 13.2. The number of ether oxygens (including phenoxy) is 2. The predicted molar refractivity (Wildman–Crippen MR) is 111 cm³/mol. The highest BCUT2D eigenvalue weighted by atomic mass is 16.5. The number of esters is 2. The van der Waals surface area contributed by atoms with Gasteiger partial charge in [-0.1, -0.05) is 27.7 Å². The normalized spacial score (nSPS) is 18.6. The van der Waals surface area contributed by atoms with Crippen molar-refractivity contribution in [2.75, 3.05) is 14.2 Å². The Morgan fingerprint density at radius 2 is 1.55 bits per heavy atom. The molecule has 0 aromatic carbocycles. The molecule has 0 aromatic heterocycles. The highest BCUT2D eigenvalue weighted by Crippen LogP contribution is 2.29. The van der Waals surface area contributed by atoms with Gasteiger partial charge >= 0.3 is 11.9 Å². The van der Waals surface area contributed by atoms with Gasteiger partial charge in [0.2, 0.25) is 17.7 Å². The van der Waals surface area contributed by atoms with Crippen molar-refractivity contribution in [2.24, 2.45) is 11.8 Å². The van der Waals surface area contributed by atoms with Crippen LogP contribution >= 0.6 is 0 Å². The Bertz CT molecular complexity index is 773. The standard InChI is InChI=1S/C21H33N3O7/c1-10(2)16(20(28)30-7)23-18(26)14-9-15(22-13(6)25)19(27)24(12(14)5)17(11(3)4)21(29)31-8/h10-11,15-17H,9H2,1-8H3,(H,22,25)(H,23,26)/t15?,16-,17-/m0/s1. The zero-order valence-electron chi connectivity index (χ0n) is 19.4. The summed E-state index contributed by atoms with van der Waals surface area (Å²) in [5.74, 6) is -3.36. The molecule has 1 aliphatic heterocycles. The molecule has 3 atom stereocenters. The first-order valence-corrected chi connectivity index (χ1v) is 10.1. The topological polar surface area (TPSA) is 131 Å². The van der Waals surface area contributed by atoms with E-state index >= 15 is 0 Å². The Morgan fingerprint density at radius 1 is 1.00 bits per heavy atom. The van der Waals surface area contributed by atoms with E-state index in [0.29, 0.717) is 0 Å². The monoisotopic (exact) mass is 439 g/mol. The lowest BCUT2D eigenvalue weighted by Gasteiger charge is -2.40. The molecule has 1 unspecified atom stereocenters. The van der Waals surface area contributed by atoms with E-state index in [-0.39, 0.29) is 29.5 Å². The van der Waals surface area contributed by atoms with Gasteiger partial charge in [-0.3, -0.25) is 19.3 Å². The number of hydrogen-bond donors (Lipinski definition) is 2. The van der Waals surface area contributed by atoms with Crippen LogP contribution in [0.1, 0.15) is 48.0 Å². The van der Waals surface area contributed by atoms with Gasteiger partial charge in [-0.15, -0.1) is 0 Å². The van der Waals surface area contributed by atoms with Gasteiger partial charge in [-0.25, -0.2) is 9.59 Å². The molecule has 10 nitrogen and oxygen atoms in total. The number of nitrogens with one attached hydrogen (secondary N) is 2. The van der Waals surface area contributed by atoms with E-state index in [1.807, 2.05) is 0 Å². The molecular formula is C21H33N3O7. The molecule has 1 aliphatic rings. The zero-order valence-corrected chi connectivity index (χ0v) is 19.4. The molecule has 0 aromatic rings. The van der Waals surface area contributed by atoms with E-state index in [2.05, 4.69) is 10.6 Å². The number of nitrogens with zero attached hydrogens (tertiary/aromatic N) is 1. The Morgan fingerprint density at radius 3 is 1.97 bits per heavy atom. The third kappa shape index (κ3) is 6.05. The maximum Gasteiger partial charge on any atom is 0.329 e. The van der Waals surface area contributed by atoms with Crippen LogP contribution in [0.25, 0.3) is 0 Å². The summed E-state index contributed by atoms with van der Waals surface area (Å²) < 4.78 is 9.64. The van der Waals surface area contributed by atoms with Crippen molar-refractivity contribution in [2.45, 2.75) is 66.1 Å². The van der Waals surface area contributed by atoms with Crippen LogP contribution in [0.3, 0.4) is 0 Å². The van der Waals surface area contributed by atoms with Gasteiger partial charge in [0.05, 0.1) is 14.2 Å². The Kier molecular flexibility index (Phi) is 9.20. The van der Waals surface area contributed by atoms with E-state index in [9.17, 15) is 24.0 Å². The Hall–Kier alpha value is -2.91. The van der Waals surface area contributed by atoms with E-state index in [0.717, 1.165) is 0 Å². The molecular weight excluding hydrogens is 406 g/mol. The second kappa shape index (κ2) is 10.9. The van der Waals surface area contributed by atoms with Crippen molar-refractivity contribution >= 4 is 29.7 Å². The van der Waals surface area contributed by atoms with Gasteiger partial charge in [0.1, 0.15) is 18.1 Å². The molecule has 0 spiro atoms. The summed E-state index contributed by atoms with van der Waals surface area (Å²) in [6.07, 6.45) is -0.0788. The van der Waals surface area contributed by atoms with Gasteiger partial charge in [0.25, 0.3) is 0 Å². The van der Waals surface area contributed by atoms with Crippen molar-refractivity contribution in [3.8, 4) is 0 Å². The third-order valence-electron chi connectivity index (χ3n) is 5.15. The molecule has 31 heavy (non-hydrogen) atoms. The molecule has 0 saturated heterocycles. The molecule has 1 heterocycles. The molecule has 10 heteroatoms. The average molecular weight is 440 g/mol. The van der Waals surface area contributed by atoms with Crippen molar-refractivity contribution in [1.82, 2.24) is 15.5 Å². The fraction of sp³-hybridized carbons (Fsp3) is 0.667. The summed E-state index contributed by atoms with van der Waals surface area (Å²) in [6, 6.07) is -2.92. The maximum absolute atomic E-state index is 13.2. The van der Waals surface area contributed by atoms with Gasteiger partial charge in [0, 0.05) is 24.6 Å². The van der Waals surface area contributed by atoms with Crippen LogP contribution in [-0.4, -0.2) is 66.9 Å². The highest BCUT2D eigenvalue weighted by Gasteiger charge is 2.43. The SMILES string of the molecule is COC(=O)[C@@H](NC(=O)C1=C(C)N([C@H](C(=O)OC)C(C)C)C(=O)C(NC(C)=O)C1)C(C)C. The average Bonchev–Trinajstić information content (AvgIpc) is 2.69. The number of amides is 3. The highest BCUT2D eigenvalue weighted by molar-refractivity contribution is 6.02. The third-order valence-corrected chi connectivity index (χ3v) is 5.15. The second-order valence-corrected chi connectivity index (χ2v) is 8.16. The lowest BCUT2D eigenvalue weighted by Crippen LogP contribution is -2.58. The smallest absolute Gasteiger partial charge is 0.329 e. The first-order valence-electron chi connectivity index (χ1n) is 10.1. The van der Waals surface area contributed by atoms with E-state index in [1.54, 1.807) is 34.6 Å². The Labute approximate surface area is 182 Å². The van der Waals surface area contributed by atoms with Gasteiger partial charge in [0.15, 0.2) is 0 Å². The summed E-state index contributed by atoms with van der Waals surface area (Å²) in [7, 11) is 2.44. The number of carbonyl (C=O) groups is 5. The van der Waals surface area contributed by atoms with Gasteiger partial charge in [-0.2, -0.15) is 0 Å². The van der Waals surface area contributed by atoms with Gasteiger partial charge < -0.3 is 20.1 Å². The number of allylic oxidation sites excluding steroid dienone is 1. The summed E-state index contributed by atoms with van der Waals surface area (Å²) in [5, 5.41) is 5.19. The number of carbonyl (C=O) groups excluding carboxylic acids is 5. The number of rotatable bonds is 8. The summed E-state index contributed by atoms with van der Waals surface area (Å²) in [5.41, 5.74) is 0.447. The molecule has 0 fully saturated rings. The Balaban J connectivity index is 3.49. The van der Waals surface area contributed by atoms with Crippen LogP contribution in [0.5, 0.6) is 0 Å². The molecule has 1 rings (SSSR count). The number of methoxy groups -OCH3 is 2. The first kappa shape index (κ1) is 26.1. The molecule has 0 aliphatic carbocycles. The largest absolute Gasteiger partial charge is 0.467 e. The van der Waals surface area contributed by atoms with Crippen LogP contribution < -0.4 is 10.6 Å². The lowest BCUT2D eigenvalue weighted by atomic mass is 9.91. The fourth-order valence-corrected chi connectivity index (χ4v) is 3.53. The van der Waals surface area contributed by atoms with Crippen molar-refractivity contribution in [3.63, 3.8) is 0 Å². The molecule has 0 bridgehead atoms. The lowest BCUT2D eigenvalue weighted by molar-refractivity contribution is -0.154. The van der Waals surface area contributed by atoms with Gasteiger partial charge in [-0.05, 0) is 18.8 Å². The molecule has 0 radical (unpaired) electrons. The van der Waals surface area contributed by atoms with Crippen LogP contribution in [0.15, 0.2) is 11.3 Å². The predicted octanol–water partition coefficient (Wildman–Crippen LogP) is 0.509.